The van der Waals surface area contributed by atoms with Gasteiger partial charge in [-0.05, 0) is 42.0 Å². The average molecular weight is 489 g/mol. The van der Waals surface area contributed by atoms with Crippen molar-refractivity contribution < 1.29 is 14.7 Å². The number of nitrogens with one attached hydrogen (secondary N) is 1. The molecule has 2 N–H and O–H groups in total. The van der Waals surface area contributed by atoms with Gasteiger partial charge in [-0.1, -0.05) is 51.2 Å². The highest BCUT2D eigenvalue weighted by Crippen LogP contribution is 2.53. The Bertz CT molecular complexity index is 1190. The Kier molecular flexibility index (Phi) is 4.41. The molecule has 0 spiro atoms. The number of aromatic nitrogens is 1. The molecule has 2 aliphatic heterocycles. The van der Waals surface area contributed by atoms with Crippen LogP contribution in [0.25, 0.3) is 0 Å². The van der Waals surface area contributed by atoms with Crippen LogP contribution in [0, 0.1) is 5.92 Å². The van der Waals surface area contributed by atoms with Gasteiger partial charge in [0.15, 0.2) is 0 Å². The lowest BCUT2D eigenvalue weighted by molar-refractivity contribution is -0.122. The van der Waals surface area contributed by atoms with Crippen molar-refractivity contribution in [1.82, 2.24) is 4.98 Å². The van der Waals surface area contributed by atoms with E-state index >= 15 is 0 Å². The highest BCUT2D eigenvalue weighted by Gasteiger charge is 2.56. The molecule has 0 saturated carbocycles. The van der Waals surface area contributed by atoms with Gasteiger partial charge in [0, 0.05) is 15.3 Å². The Morgan fingerprint density at radius 1 is 0.966 bits per heavy atom. The molecule has 29 heavy (non-hydrogen) atoms. The predicted molar refractivity (Wildman–Crippen MR) is 115 cm³/mol. The van der Waals surface area contributed by atoms with E-state index in [-0.39, 0.29) is 22.4 Å². The molecular formula is C20H13BrN2O4S2. The second-order valence-corrected chi connectivity index (χ2v) is 9.91. The van der Waals surface area contributed by atoms with E-state index in [2.05, 4.69) is 20.9 Å². The van der Waals surface area contributed by atoms with Crippen molar-refractivity contribution in [3.8, 4) is 5.75 Å². The highest BCUT2D eigenvalue weighted by molar-refractivity contribution is 9.10. The molecule has 2 aromatic carbocycles. The average Bonchev–Trinajstić information content (AvgIpc) is 3.19. The summed E-state index contributed by atoms with van der Waals surface area (Å²) >= 11 is 5.68. The van der Waals surface area contributed by atoms with Crippen molar-refractivity contribution in [3.05, 3.63) is 73.1 Å². The number of hydrogen-bond acceptors (Lipinski definition) is 6. The molecule has 5 rings (SSSR count). The molecule has 0 aliphatic carbocycles. The number of hydrogen-bond donors (Lipinski definition) is 2. The number of carbonyl (C=O) groups is 2. The normalized spacial score (nSPS) is 23.2. The van der Waals surface area contributed by atoms with Crippen LogP contribution in [0.3, 0.4) is 0 Å². The number of thioether (sulfide) groups is 1. The minimum atomic E-state index is -0.625. The Morgan fingerprint density at radius 3 is 2.34 bits per heavy atom. The molecule has 2 amide bonds. The number of amides is 2. The van der Waals surface area contributed by atoms with E-state index in [1.807, 2.05) is 0 Å². The maximum Gasteiger partial charge on any atom is 0.305 e. The van der Waals surface area contributed by atoms with Crippen LogP contribution >= 0.6 is 39.0 Å². The quantitative estimate of drug-likeness (QED) is 0.536. The maximum atomic E-state index is 13.4. The summed E-state index contributed by atoms with van der Waals surface area (Å²) in [6.45, 7) is 0. The number of thiazole rings is 1. The summed E-state index contributed by atoms with van der Waals surface area (Å²) < 4.78 is 0.855. The molecule has 1 saturated heterocycles. The third kappa shape index (κ3) is 2.95. The van der Waals surface area contributed by atoms with Gasteiger partial charge in [0.2, 0.25) is 11.8 Å². The minimum absolute atomic E-state index is 0.114. The van der Waals surface area contributed by atoms with Crippen molar-refractivity contribution in [2.45, 2.75) is 16.2 Å². The van der Waals surface area contributed by atoms with Crippen LogP contribution in [-0.2, 0) is 9.59 Å². The number of anilines is 1. The zero-order valence-electron chi connectivity index (χ0n) is 14.7. The molecule has 1 fully saturated rings. The predicted octanol–water partition coefficient (Wildman–Crippen LogP) is 3.70. The number of fused-ring (bicyclic) bond motifs is 2. The fourth-order valence-corrected chi connectivity index (χ4v) is 6.68. The standard InChI is InChI=1S/C20H13BrN2O4S2/c21-10-3-5-11(6-4-10)23-18(25)14-13(9-1-7-12(24)8-2-9)15-17(22-20(27)29-15)28-16(14)19(23)26/h1-8,13-14,16,24H,(H,22,27)/t13-,14+,16-/m0/s1. The second-order valence-electron chi connectivity index (χ2n) is 6.83. The van der Waals surface area contributed by atoms with Gasteiger partial charge in [-0.25, -0.2) is 4.90 Å². The van der Waals surface area contributed by atoms with E-state index in [1.54, 1.807) is 48.5 Å². The van der Waals surface area contributed by atoms with Crippen LogP contribution in [0.1, 0.15) is 16.4 Å². The molecule has 0 radical (unpaired) electrons. The zero-order chi connectivity index (χ0) is 20.3. The number of phenolic OH excluding ortho intramolecular Hbond substituents is 1. The van der Waals surface area contributed by atoms with E-state index in [0.29, 0.717) is 10.7 Å². The molecule has 9 heteroatoms. The number of phenols is 1. The molecule has 1 aromatic heterocycles. The summed E-state index contributed by atoms with van der Waals surface area (Å²) in [6, 6.07) is 13.6. The van der Waals surface area contributed by atoms with Crippen LogP contribution in [0.15, 0.2) is 62.8 Å². The first kappa shape index (κ1) is 18.7. The number of rotatable bonds is 2. The SMILES string of the molecule is O=C1[C@@H]2[C@H](c3ccc(O)cc3)c3sc(=O)[nH]c3S[C@@H]2C(=O)N1c1ccc(Br)cc1. The van der Waals surface area contributed by atoms with Crippen LogP contribution < -0.4 is 9.77 Å². The lowest BCUT2D eigenvalue weighted by atomic mass is 9.83. The Balaban J connectivity index is 1.64. The lowest BCUT2D eigenvalue weighted by Crippen LogP contribution is -2.32. The number of imide groups is 1. The number of halogens is 1. The summed E-state index contributed by atoms with van der Waals surface area (Å²) in [6.07, 6.45) is 0. The zero-order valence-corrected chi connectivity index (χ0v) is 17.9. The van der Waals surface area contributed by atoms with Gasteiger partial charge in [-0.2, -0.15) is 0 Å². The Morgan fingerprint density at radius 2 is 1.66 bits per heavy atom. The van der Waals surface area contributed by atoms with Gasteiger partial charge < -0.3 is 10.1 Å². The van der Waals surface area contributed by atoms with E-state index in [1.165, 1.54) is 16.7 Å². The number of aromatic hydroxyl groups is 1. The van der Waals surface area contributed by atoms with Gasteiger partial charge >= 0.3 is 4.87 Å². The topological polar surface area (TPSA) is 90.5 Å². The summed E-state index contributed by atoms with van der Waals surface area (Å²) in [4.78, 5) is 43.3. The van der Waals surface area contributed by atoms with Crippen LogP contribution in [0.2, 0.25) is 0 Å². The third-order valence-electron chi connectivity index (χ3n) is 5.16. The van der Waals surface area contributed by atoms with Crippen LogP contribution in [-0.4, -0.2) is 27.2 Å². The monoisotopic (exact) mass is 488 g/mol. The molecule has 3 aromatic rings. The number of benzene rings is 2. The Labute approximate surface area is 181 Å². The van der Waals surface area contributed by atoms with Gasteiger partial charge in [0.1, 0.15) is 11.0 Å². The summed E-state index contributed by atoms with van der Waals surface area (Å²) in [7, 11) is 0. The molecule has 0 bridgehead atoms. The largest absolute Gasteiger partial charge is 0.508 e. The van der Waals surface area contributed by atoms with E-state index in [4.69, 9.17) is 0 Å². The molecule has 2 aliphatic rings. The van der Waals surface area contributed by atoms with Gasteiger partial charge in [-0.15, -0.1) is 0 Å². The number of carbonyl (C=O) groups excluding carboxylic acids is 2. The first-order chi connectivity index (χ1) is 13.9. The number of aromatic amines is 1. The van der Waals surface area contributed by atoms with Gasteiger partial charge in [-0.3, -0.25) is 14.4 Å². The summed E-state index contributed by atoms with van der Waals surface area (Å²) in [5.74, 6) is -1.51. The molecule has 146 valence electrons. The van der Waals surface area contributed by atoms with Crippen molar-refractivity contribution in [2.24, 2.45) is 5.92 Å². The van der Waals surface area contributed by atoms with Crippen LogP contribution in [0.4, 0.5) is 5.69 Å². The molecule has 3 atom stereocenters. The van der Waals surface area contributed by atoms with Gasteiger partial charge in [0.05, 0.1) is 16.6 Å². The third-order valence-corrected chi connectivity index (χ3v) is 8.09. The maximum absolute atomic E-state index is 13.4. The molecule has 6 nitrogen and oxygen atoms in total. The fraction of sp³-hybridized carbons (Fsp3) is 0.150. The van der Waals surface area contributed by atoms with E-state index in [9.17, 15) is 19.5 Å². The van der Waals surface area contributed by atoms with Gasteiger partial charge in [0.25, 0.3) is 0 Å². The second kappa shape index (κ2) is 6.86. The number of nitrogens with zero attached hydrogens (tertiary/aromatic N) is 1. The van der Waals surface area contributed by atoms with Crippen molar-refractivity contribution >= 4 is 56.5 Å². The van der Waals surface area contributed by atoms with E-state index < -0.39 is 17.1 Å². The first-order valence-corrected chi connectivity index (χ1v) is 11.2. The Hall–Kier alpha value is -2.36. The van der Waals surface area contributed by atoms with E-state index in [0.717, 1.165) is 26.3 Å². The van der Waals surface area contributed by atoms with Crippen molar-refractivity contribution in [1.29, 1.82) is 0 Å². The molecule has 0 unspecified atom stereocenters. The highest BCUT2D eigenvalue weighted by atomic mass is 79.9. The van der Waals surface area contributed by atoms with Crippen molar-refractivity contribution in [2.75, 3.05) is 4.90 Å². The molecule has 3 heterocycles. The fourth-order valence-electron chi connectivity index (χ4n) is 3.90. The minimum Gasteiger partial charge on any atom is -0.508 e. The number of H-pyrrole nitrogens is 1. The summed E-state index contributed by atoms with van der Waals surface area (Å²) in [5.41, 5.74) is 1.31. The van der Waals surface area contributed by atoms with Crippen LogP contribution in [0.5, 0.6) is 5.75 Å². The smallest absolute Gasteiger partial charge is 0.305 e. The lowest BCUT2D eigenvalue weighted by Gasteiger charge is -2.29. The summed E-state index contributed by atoms with van der Waals surface area (Å²) in [5, 5.41) is 9.67. The first-order valence-electron chi connectivity index (χ1n) is 8.76. The molecular weight excluding hydrogens is 476 g/mol. The van der Waals surface area contributed by atoms with Crippen molar-refractivity contribution in [3.63, 3.8) is 0 Å².